The summed E-state index contributed by atoms with van der Waals surface area (Å²) < 4.78 is 10.8. The van der Waals surface area contributed by atoms with Crippen LogP contribution >= 0.6 is 11.8 Å². The van der Waals surface area contributed by atoms with E-state index in [1.165, 1.54) is 0 Å². The Balaban J connectivity index is 1.46. The molecule has 4 aromatic rings. The van der Waals surface area contributed by atoms with Crippen molar-refractivity contribution in [1.82, 2.24) is 15.3 Å². The lowest BCUT2D eigenvalue weighted by atomic mass is 10.1. The van der Waals surface area contributed by atoms with Crippen LogP contribution in [0, 0.1) is 0 Å². The van der Waals surface area contributed by atoms with Crippen LogP contribution in [0.25, 0.3) is 11.0 Å². The summed E-state index contributed by atoms with van der Waals surface area (Å²) in [5.74, 6) is 1.76. The highest BCUT2D eigenvalue weighted by atomic mass is 32.2. The van der Waals surface area contributed by atoms with Crippen molar-refractivity contribution in [2.24, 2.45) is 0 Å². The number of para-hydroxylation sites is 3. The first-order valence-corrected chi connectivity index (χ1v) is 10.8. The predicted molar refractivity (Wildman–Crippen MR) is 123 cm³/mol. The summed E-state index contributed by atoms with van der Waals surface area (Å²) in [5.41, 5.74) is 4.38. The third-order valence-electron chi connectivity index (χ3n) is 4.92. The predicted octanol–water partition coefficient (Wildman–Crippen LogP) is 4.80. The van der Waals surface area contributed by atoms with Gasteiger partial charge in [-0.2, -0.15) is 0 Å². The lowest BCUT2D eigenvalue weighted by Gasteiger charge is -2.14. The number of carbonyl (C=O) groups excluding carboxylic acids is 1. The van der Waals surface area contributed by atoms with E-state index in [2.05, 4.69) is 15.3 Å². The van der Waals surface area contributed by atoms with Crippen LogP contribution in [0.2, 0.25) is 0 Å². The number of aromatic nitrogens is 2. The molecule has 158 valence electrons. The molecule has 0 saturated heterocycles. The highest BCUT2D eigenvalue weighted by Gasteiger charge is 2.14. The van der Waals surface area contributed by atoms with Gasteiger partial charge in [0.2, 0.25) is 0 Å². The Morgan fingerprint density at radius 2 is 1.74 bits per heavy atom. The second kappa shape index (κ2) is 9.57. The Labute approximate surface area is 185 Å². The molecule has 7 heteroatoms. The number of imidazole rings is 1. The molecular weight excluding hydrogens is 410 g/mol. The summed E-state index contributed by atoms with van der Waals surface area (Å²) in [4.78, 5) is 20.8. The molecule has 4 rings (SSSR count). The van der Waals surface area contributed by atoms with Crippen LogP contribution in [-0.4, -0.2) is 30.1 Å². The number of nitrogens with one attached hydrogen (secondary N) is 2. The molecule has 2 N–H and O–H groups in total. The van der Waals surface area contributed by atoms with E-state index in [-0.39, 0.29) is 5.91 Å². The maximum atomic E-state index is 12.9. The van der Waals surface area contributed by atoms with E-state index in [1.54, 1.807) is 26.0 Å². The van der Waals surface area contributed by atoms with Crippen LogP contribution in [0.15, 0.2) is 71.9 Å². The Hall–Kier alpha value is -3.45. The first kappa shape index (κ1) is 20.8. The van der Waals surface area contributed by atoms with Gasteiger partial charge in [-0.3, -0.25) is 4.79 Å². The number of ether oxygens (including phenoxy) is 2. The van der Waals surface area contributed by atoms with Gasteiger partial charge in [0.1, 0.15) is 0 Å². The fraction of sp³-hybridized carbons (Fsp3) is 0.167. The molecule has 1 heterocycles. The highest BCUT2D eigenvalue weighted by molar-refractivity contribution is 7.98. The molecule has 0 unspecified atom stereocenters. The number of hydrogen-bond acceptors (Lipinski definition) is 5. The minimum atomic E-state index is -0.134. The molecular formula is C24H23N3O3S. The van der Waals surface area contributed by atoms with E-state index >= 15 is 0 Å². The van der Waals surface area contributed by atoms with E-state index in [0.717, 1.165) is 27.3 Å². The van der Waals surface area contributed by atoms with Crippen LogP contribution < -0.4 is 14.8 Å². The number of H-pyrrole nitrogens is 1. The number of carbonyl (C=O) groups is 1. The largest absolute Gasteiger partial charge is 0.493 e. The lowest BCUT2D eigenvalue weighted by molar-refractivity contribution is 0.0950. The maximum absolute atomic E-state index is 12.9. The van der Waals surface area contributed by atoms with Crippen molar-refractivity contribution in [3.8, 4) is 11.5 Å². The lowest BCUT2D eigenvalue weighted by Crippen LogP contribution is -2.24. The van der Waals surface area contributed by atoms with Gasteiger partial charge in [0.05, 0.1) is 25.3 Å². The van der Waals surface area contributed by atoms with E-state index in [4.69, 9.17) is 9.47 Å². The van der Waals surface area contributed by atoms with Gasteiger partial charge >= 0.3 is 0 Å². The number of benzene rings is 3. The summed E-state index contributed by atoms with van der Waals surface area (Å²) in [6, 6.07) is 21.2. The number of fused-ring (bicyclic) bond motifs is 1. The van der Waals surface area contributed by atoms with Gasteiger partial charge in [0, 0.05) is 23.4 Å². The Kier molecular flexibility index (Phi) is 6.43. The van der Waals surface area contributed by atoms with Crippen LogP contribution in [0.3, 0.4) is 0 Å². The van der Waals surface area contributed by atoms with Crippen molar-refractivity contribution >= 4 is 28.7 Å². The molecule has 0 saturated carbocycles. The summed E-state index contributed by atoms with van der Waals surface area (Å²) in [6.45, 7) is 0.338. The average molecular weight is 434 g/mol. The third-order valence-corrected chi connectivity index (χ3v) is 5.84. The maximum Gasteiger partial charge on any atom is 0.251 e. The molecule has 1 aromatic heterocycles. The van der Waals surface area contributed by atoms with Gasteiger partial charge in [-0.15, -0.1) is 0 Å². The number of nitrogens with zero attached hydrogens (tertiary/aromatic N) is 1. The van der Waals surface area contributed by atoms with Crippen molar-refractivity contribution in [2.75, 3.05) is 14.2 Å². The van der Waals surface area contributed by atoms with Gasteiger partial charge in [-0.1, -0.05) is 54.2 Å². The molecule has 1 amide bonds. The Bertz CT molecular complexity index is 1170. The molecule has 0 bridgehead atoms. The van der Waals surface area contributed by atoms with Crippen molar-refractivity contribution in [3.63, 3.8) is 0 Å². The van der Waals surface area contributed by atoms with Crippen LogP contribution in [0.4, 0.5) is 0 Å². The zero-order valence-corrected chi connectivity index (χ0v) is 18.2. The normalized spacial score (nSPS) is 10.8. The van der Waals surface area contributed by atoms with Crippen molar-refractivity contribution < 1.29 is 14.3 Å². The fourth-order valence-corrected chi connectivity index (χ4v) is 4.26. The fourth-order valence-electron chi connectivity index (χ4n) is 3.38. The van der Waals surface area contributed by atoms with E-state index in [1.807, 2.05) is 66.7 Å². The SMILES string of the molecule is COc1cccc(CNC(=O)c2ccccc2CSc2nc3ccccc3[nH]2)c1OC. The number of methoxy groups -OCH3 is 2. The molecule has 31 heavy (non-hydrogen) atoms. The van der Waals surface area contributed by atoms with Crippen molar-refractivity contribution in [2.45, 2.75) is 17.5 Å². The summed E-state index contributed by atoms with van der Waals surface area (Å²) in [7, 11) is 3.18. The highest BCUT2D eigenvalue weighted by Crippen LogP contribution is 2.30. The van der Waals surface area contributed by atoms with Gasteiger partial charge in [-0.05, 0) is 29.8 Å². The molecule has 0 atom stereocenters. The van der Waals surface area contributed by atoms with Gasteiger partial charge < -0.3 is 19.8 Å². The van der Waals surface area contributed by atoms with Gasteiger partial charge in [0.15, 0.2) is 16.7 Å². The Morgan fingerprint density at radius 1 is 0.968 bits per heavy atom. The molecule has 0 aliphatic carbocycles. The van der Waals surface area contributed by atoms with Crippen LogP contribution in [0.5, 0.6) is 11.5 Å². The summed E-state index contributed by atoms with van der Waals surface area (Å²) in [5, 5.41) is 3.83. The van der Waals surface area contributed by atoms with E-state index in [9.17, 15) is 4.79 Å². The van der Waals surface area contributed by atoms with Crippen molar-refractivity contribution in [1.29, 1.82) is 0 Å². The van der Waals surface area contributed by atoms with Gasteiger partial charge in [0.25, 0.3) is 5.91 Å². The van der Waals surface area contributed by atoms with Gasteiger partial charge in [-0.25, -0.2) is 4.98 Å². The number of hydrogen-bond donors (Lipinski definition) is 2. The summed E-state index contributed by atoms with van der Waals surface area (Å²) >= 11 is 1.57. The Morgan fingerprint density at radius 3 is 2.55 bits per heavy atom. The zero-order valence-electron chi connectivity index (χ0n) is 17.3. The molecule has 0 aliphatic rings. The molecule has 0 fully saturated rings. The molecule has 0 spiro atoms. The topological polar surface area (TPSA) is 76.2 Å². The quantitative estimate of drug-likeness (QED) is 0.390. The minimum absolute atomic E-state index is 0.134. The third kappa shape index (κ3) is 4.67. The molecule has 3 aromatic carbocycles. The number of amides is 1. The van der Waals surface area contributed by atoms with Crippen LogP contribution in [-0.2, 0) is 12.3 Å². The van der Waals surface area contributed by atoms with Crippen molar-refractivity contribution in [3.05, 3.63) is 83.4 Å². The average Bonchev–Trinajstić information content (AvgIpc) is 3.24. The smallest absolute Gasteiger partial charge is 0.251 e. The molecule has 0 aliphatic heterocycles. The summed E-state index contributed by atoms with van der Waals surface area (Å²) in [6.07, 6.45) is 0. The molecule has 6 nitrogen and oxygen atoms in total. The first-order chi connectivity index (χ1) is 15.2. The second-order valence-electron chi connectivity index (χ2n) is 6.84. The van der Waals surface area contributed by atoms with Crippen LogP contribution in [0.1, 0.15) is 21.5 Å². The van der Waals surface area contributed by atoms with E-state index in [0.29, 0.717) is 29.4 Å². The molecule has 0 radical (unpaired) electrons. The standard InChI is InChI=1S/C24H23N3O3S/c1-29-21-13-7-9-16(22(21)30-2)14-25-23(28)18-10-4-3-8-17(18)15-31-24-26-19-11-5-6-12-20(19)27-24/h3-13H,14-15H2,1-2H3,(H,25,28)(H,26,27). The minimum Gasteiger partial charge on any atom is -0.493 e. The number of rotatable bonds is 8. The first-order valence-electron chi connectivity index (χ1n) is 9.83. The number of aromatic amines is 1. The number of thioether (sulfide) groups is 1. The second-order valence-corrected chi connectivity index (χ2v) is 7.80. The zero-order chi connectivity index (χ0) is 21.6. The monoisotopic (exact) mass is 433 g/mol. The van der Waals surface area contributed by atoms with E-state index < -0.39 is 0 Å².